The summed E-state index contributed by atoms with van der Waals surface area (Å²) < 4.78 is 46.1. The minimum absolute atomic E-state index is 0.0404. The molecule has 65 heavy (non-hydrogen) atoms. The zero-order chi connectivity index (χ0) is 46.1. The first-order valence-corrected chi connectivity index (χ1v) is 22.0. The van der Waals surface area contributed by atoms with Gasteiger partial charge in [0.2, 0.25) is 11.8 Å². The number of nitrogens with one attached hydrogen (secondary N) is 4. The number of fused-ring (bicyclic) bond motifs is 6. The van der Waals surface area contributed by atoms with E-state index < -0.39 is 42.8 Å². The molecule has 5 heterocycles. The maximum absolute atomic E-state index is 14.2. The highest BCUT2D eigenvalue weighted by molar-refractivity contribution is 6.07. The normalized spacial score (nSPS) is 20.2. The predicted molar refractivity (Wildman–Crippen MR) is 236 cm³/mol. The van der Waals surface area contributed by atoms with Gasteiger partial charge in [-0.3, -0.25) is 9.59 Å². The molecule has 1 unspecified atom stereocenters. The van der Waals surface area contributed by atoms with Crippen molar-refractivity contribution in [1.29, 1.82) is 0 Å². The number of nitrogens with zero attached hydrogens (tertiary/aromatic N) is 4. The van der Waals surface area contributed by atoms with Crippen LogP contribution in [0.25, 0.3) is 44.2 Å². The van der Waals surface area contributed by atoms with Gasteiger partial charge in [0.25, 0.3) is 0 Å². The summed E-state index contributed by atoms with van der Waals surface area (Å²) in [5.74, 6) is 0.761. The van der Waals surface area contributed by atoms with E-state index in [-0.39, 0.29) is 36.4 Å². The lowest BCUT2D eigenvalue weighted by Crippen LogP contribution is -2.52. The monoisotopic (exact) mass is 896 g/mol. The van der Waals surface area contributed by atoms with Crippen LogP contribution in [-0.4, -0.2) is 99.2 Å². The quantitative estimate of drug-likeness (QED) is 0.0837. The number of ether oxygens (including phenoxy) is 4. The molecule has 4 N–H and O–H groups in total. The van der Waals surface area contributed by atoms with Gasteiger partial charge in [-0.15, -0.1) is 0 Å². The van der Waals surface area contributed by atoms with E-state index >= 15 is 0 Å². The molecule has 0 aliphatic carbocycles. The lowest BCUT2D eigenvalue weighted by molar-refractivity contribution is -0.138. The van der Waals surface area contributed by atoms with Crippen LogP contribution >= 0.6 is 0 Å². The second-order valence-electron chi connectivity index (χ2n) is 17.1. The van der Waals surface area contributed by atoms with E-state index in [1.54, 1.807) is 11.1 Å². The van der Waals surface area contributed by atoms with Gasteiger partial charge in [0, 0.05) is 23.5 Å². The maximum Gasteiger partial charge on any atom is 0.407 e. The zero-order valence-corrected chi connectivity index (χ0v) is 37.2. The molecule has 0 bridgehead atoms. The van der Waals surface area contributed by atoms with Crippen molar-refractivity contribution in [3.05, 3.63) is 78.2 Å². The van der Waals surface area contributed by atoms with Crippen LogP contribution < -0.4 is 15.4 Å². The average molecular weight is 897 g/mol. The van der Waals surface area contributed by atoms with E-state index in [2.05, 4.69) is 43.5 Å². The number of imidazole rings is 2. The number of alkyl carbamates (subject to hydrolysis) is 2. The van der Waals surface area contributed by atoms with E-state index in [9.17, 15) is 28.0 Å². The summed E-state index contributed by atoms with van der Waals surface area (Å²) in [4.78, 5) is 72.2. The summed E-state index contributed by atoms with van der Waals surface area (Å²) >= 11 is 0. The Bertz CT molecular complexity index is 2630. The highest BCUT2D eigenvalue weighted by Crippen LogP contribution is 2.44. The molecule has 2 aromatic heterocycles. The van der Waals surface area contributed by atoms with Crippen LogP contribution in [0.4, 0.5) is 18.4 Å². The molecule has 344 valence electrons. The van der Waals surface area contributed by atoms with Gasteiger partial charge in [0.15, 0.2) is 0 Å². The van der Waals surface area contributed by atoms with Crippen molar-refractivity contribution >= 4 is 45.8 Å². The Kier molecular flexibility index (Phi) is 13.0. The van der Waals surface area contributed by atoms with Crippen LogP contribution in [-0.2, 0) is 30.4 Å². The van der Waals surface area contributed by atoms with Crippen LogP contribution in [0.5, 0.6) is 5.75 Å². The number of amides is 4. The van der Waals surface area contributed by atoms with Gasteiger partial charge < -0.3 is 49.3 Å². The van der Waals surface area contributed by atoms with E-state index in [4.69, 9.17) is 24.2 Å². The maximum atomic E-state index is 14.2. The van der Waals surface area contributed by atoms with Crippen LogP contribution in [0.2, 0.25) is 0 Å². The highest BCUT2D eigenvalue weighted by Gasteiger charge is 2.42. The number of carbonyl (C=O) groups is 4. The zero-order valence-electron chi connectivity index (χ0n) is 37.2. The van der Waals surface area contributed by atoms with E-state index in [0.717, 1.165) is 63.3 Å². The summed E-state index contributed by atoms with van der Waals surface area (Å²) in [7, 11) is 2.52. The number of hydrogen-bond acceptors (Lipinski definition) is 10. The molecule has 0 radical (unpaired) electrons. The van der Waals surface area contributed by atoms with Crippen molar-refractivity contribution in [2.75, 3.05) is 20.8 Å². The third-order valence-corrected chi connectivity index (χ3v) is 12.9. The van der Waals surface area contributed by atoms with E-state index in [0.29, 0.717) is 48.8 Å². The van der Waals surface area contributed by atoms with Gasteiger partial charge in [-0.25, -0.2) is 19.6 Å². The summed E-state index contributed by atoms with van der Waals surface area (Å²) in [5.41, 5.74) is 6.14. The summed E-state index contributed by atoms with van der Waals surface area (Å²) in [5, 5.41) is 7.15. The van der Waals surface area contributed by atoms with Crippen molar-refractivity contribution < 1.29 is 46.9 Å². The Morgan fingerprint density at radius 2 is 1.69 bits per heavy atom. The Morgan fingerprint density at radius 1 is 0.923 bits per heavy atom. The highest BCUT2D eigenvalue weighted by atomic mass is 19.3. The number of hydrogen-bond donors (Lipinski definition) is 4. The third kappa shape index (κ3) is 8.90. The molecule has 2 saturated heterocycles. The van der Waals surface area contributed by atoms with E-state index in [1.165, 1.54) is 20.3 Å². The fraction of sp³-hybridized carbons (Fsp3) is 0.447. The predicted octanol–water partition coefficient (Wildman–Crippen LogP) is 8.27. The Balaban J connectivity index is 1.05. The van der Waals surface area contributed by atoms with Gasteiger partial charge in [-0.05, 0) is 97.4 Å². The third-order valence-electron chi connectivity index (χ3n) is 12.9. The molecule has 0 saturated carbocycles. The average Bonchev–Trinajstić information content (AvgIpc) is 4.13. The number of carbonyl (C=O) groups excluding carboxylic acids is 4. The van der Waals surface area contributed by atoms with Gasteiger partial charge >= 0.3 is 18.8 Å². The molecule has 4 amide bonds. The number of rotatable bonds is 13. The van der Waals surface area contributed by atoms with Gasteiger partial charge in [-0.2, -0.15) is 8.78 Å². The molecule has 5 aromatic rings. The van der Waals surface area contributed by atoms with Crippen LogP contribution in [0.1, 0.15) is 89.1 Å². The Hall–Kier alpha value is -6.72. The number of aromatic nitrogens is 4. The number of alkyl halides is 2. The smallest absolute Gasteiger partial charge is 0.407 e. The molecule has 3 aliphatic rings. The Labute approximate surface area is 374 Å². The summed E-state index contributed by atoms with van der Waals surface area (Å²) in [6.07, 6.45) is 5.82. The molecular formula is C47H54F2N8O8. The first kappa shape index (κ1) is 44.9. The van der Waals surface area contributed by atoms with Crippen molar-refractivity contribution in [3.63, 3.8) is 0 Å². The minimum Gasteiger partial charge on any atom is -0.488 e. The van der Waals surface area contributed by atoms with Gasteiger partial charge in [-0.1, -0.05) is 39.0 Å². The van der Waals surface area contributed by atoms with Gasteiger partial charge in [0.05, 0.1) is 67.4 Å². The van der Waals surface area contributed by atoms with Crippen LogP contribution in [0.3, 0.4) is 0 Å². The molecule has 0 spiro atoms. The number of likely N-dealkylation sites (tertiary alicyclic amines) is 2. The molecule has 16 nitrogen and oxygen atoms in total. The fourth-order valence-corrected chi connectivity index (χ4v) is 9.48. The van der Waals surface area contributed by atoms with Crippen molar-refractivity contribution in [2.45, 2.75) is 103 Å². The van der Waals surface area contributed by atoms with Crippen LogP contribution in [0.15, 0.2) is 61.0 Å². The first-order chi connectivity index (χ1) is 31.3. The SMILES string of the molecule is CCC(CNC(=O)OC)C(=O)N1[C@@H](/C=C/OC(F)F)CC[C@H]1c1nc2ccc3cc4c(cc3c2[nH]1)OCc1cc(-c2cnc([C@@H]3CC[C@H](C)N3C(=O)[C@@H](NC(=O)OC)C(C)C)[nH]2)ccc1-4. The number of methoxy groups -OCH3 is 2. The lowest BCUT2D eigenvalue weighted by atomic mass is 9.92. The number of benzene rings is 3. The molecular weight excluding hydrogens is 843 g/mol. The second-order valence-corrected chi connectivity index (χ2v) is 17.1. The number of halogens is 2. The fourth-order valence-electron chi connectivity index (χ4n) is 9.48. The molecule has 18 heteroatoms. The molecule has 6 atom stereocenters. The molecule has 3 aromatic carbocycles. The lowest BCUT2D eigenvalue weighted by Gasteiger charge is -2.32. The number of aromatic amines is 2. The first-order valence-electron chi connectivity index (χ1n) is 22.0. The second kappa shape index (κ2) is 18.8. The van der Waals surface area contributed by atoms with E-state index in [1.807, 2.05) is 56.9 Å². The summed E-state index contributed by atoms with van der Waals surface area (Å²) in [6, 6.07) is 12.1. The van der Waals surface area contributed by atoms with Crippen molar-refractivity contribution in [3.8, 4) is 28.1 Å². The summed E-state index contributed by atoms with van der Waals surface area (Å²) in [6.45, 7) is 5.00. The molecule has 8 rings (SSSR count). The number of H-pyrrole nitrogens is 2. The van der Waals surface area contributed by atoms with Gasteiger partial charge in [0.1, 0.15) is 30.0 Å². The molecule has 3 aliphatic heterocycles. The minimum atomic E-state index is -3.00. The molecule has 2 fully saturated rings. The largest absolute Gasteiger partial charge is 0.488 e. The van der Waals surface area contributed by atoms with Crippen LogP contribution in [0, 0.1) is 11.8 Å². The topological polar surface area (TPSA) is 193 Å². The van der Waals surface area contributed by atoms with Crippen molar-refractivity contribution in [2.24, 2.45) is 11.8 Å². The van der Waals surface area contributed by atoms with Crippen molar-refractivity contribution in [1.82, 2.24) is 40.4 Å². The Morgan fingerprint density at radius 3 is 2.43 bits per heavy atom. The standard InChI is InChI=1S/C47H54F2N8O8/c1-7-26(21-51-46(60)62-5)43(58)57-30(16-17-64-45(48)49)11-15-37(57)42-52-34-13-10-27-19-33-31-12-9-28(18-29(31)23-65-38(33)20-32(27)40(34)54-42)35-22-50-41(53-35)36-14-8-25(4)56(36)44(59)39(24(2)3)55-47(61)63-6/h9-10,12-13,16-20,22,24-26,30,36-37,39,45H,7-8,11,14-15,21,23H2,1-6H3,(H,50,53)(H,51,60)(H,52,54)(H,55,61)/b17-16+/t25-,26?,30+,36-,37-,39-/m0/s1.